The summed E-state index contributed by atoms with van der Waals surface area (Å²) in [5.74, 6) is 1.58. The molecule has 152 valence electrons. The van der Waals surface area contributed by atoms with Gasteiger partial charge in [0.25, 0.3) is 0 Å². The first-order chi connectivity index (χ1) is 13.6. The van der Waals surface area contributed by atoms with Crippen LogP contribution in [0, 0.1) is 11.3 Å². The van der Waals surface area contributed by atoms with Crippen LogP contribution in [-0.2, 0) is 16.6 Å². The minimum atomic E-state index is 0.0962. The molecule has 4 aliphatic rings. The number of amides is 1. The molecule has 2 aliphatic carbocycles. The van der Waals surface area contributed by atoms with Gasteiger partial charge in [0.15, 0.2) is 5.96 Å². The van der Waals surface area contributed by atoms with Gasteiger partial charge in [-0.15, -0.1) is 0 Å². The molecular weight excluding hydrogens is 356 g/mol. The van der Waals surface area contributed by atoms with Gasteiger partial charge < -0.3 is 19.9 Å². The number of piperazine rings is 1. The Bertz CT molecular complexity index is 785. The molecule has 0 bridgehead atoms. The Morgan fingerprint density at radius 3 is 2.93 bits per heavy atom. The van der Waals surface area contributed by atoms with Gasteiger partial charge in [-0.2, -0.15) is 5.10 Å². The van der Waals surface area contributed by atoms with Gasteiger partial charge in [0, 0.05) is 56.9 Å². The summed E-state index contributed by atoms with van der Waals surface area (Å²) < 4.78 is 7.78. The number of nitrogens with one attached hydrogen (secondary N) is 1. The molecule has 8 heteroatoms. The van der Waals surface area contributed by atoms with Gasteiger partial charge >= 0.3 is 0 Å². The van der Waals surface area contributed by atoms with Crippen molar-refractivity contribution in [2.24, 2.45) is 23.4 Å². The molecule has 2 saturated heterocycles. The van der Waals surface area contributed by atoms with Crippen molar-refractivity contribution in [2.75, 3.05) is 37.7 Å². The molecule has 1 N–H and O–H groups in total. The molecule has 8 nitrogen and oxygen atoms in total. The first-order valence-electron chi connectivity index (χ1n) is 10.6. The summed E-state index contributed by atoms with van der Waals surface area (Å²) in [5.41, 5.74) is 1.17. The van der Waals surface area contributed by atoms with Gasteiger partial charge in [-0.1, -0.05) is 6.42 Å². The zero-order chi connectivity index (χ0) is 19.3. The maximum atomic E-state index is 12.8. The largest absolute Gasteiger partial charge is 0.377 e. The number of aliphatic imine (C=N–C) groups is 1. The Morgan fingerprint density at radius 2 is 2.29 bits per heavy atom. The molecule has 3 heterocycles. The van der Waals surface area contributed by atoms with E-state index in [1.54, 1.807) is 10.9 Å². The summed E-state index contributed by atoms with van der Waals surface area (Å²) in [6.07, 6.45) is 9.01. The standard InChI is InChI=1S/C20H30N6O2/c1-3-21-19(23-17-15-5-10-28-18(15)20(17)6-4-7-20)25-8-9-26(16(27)13-25)14-11-22-24(2)12-14/h11-12,15,17-18H,3-10,13H2,1-2H3,(H,21,23). The number of hydrogen-bond donors (Lipinski definition) is 1. The van der Waals surface area contributed by atoms with Gasteiger partial charge in [-0.3, -0.25) is 14.5 Å². The molecule has 1 aromatic heterocycles. The van der Waals surface area contributed by atoms with Gasteiger partial charge in [0.2, 0.25) is 5.91 Å². The molecule has 1 spiro atoms. The predicted octanol–water partition coefficient (Wildman–Crippen LogP) is 0.992. The van der Waals surface area contributed by atoms with Crippen molar-refractivity contribution in [3.8, 4) is 0 Å². The van der Waals surface area contributed by atoms with Crippen LogP contribution < -0.4 is 10.2 Å². The van der Waals surface area contributed by atoms with E-state index >= 15 is 0 Å². The molecule has 3 atom stereocenters. The van der Waals surface area contributed by atoms with Crippen molar-refractivity contribution in [1.82, 2.24) is 20.0 Å². The third-order valence-electron chi connectivity index (χ3n) is 7.15. The van der Waals surface area contributed by atoms with Gasteiger partial charge in [-0.25, -0.2) is 0 Å². The minimum Gasteiger partial charge on any atom is -0.377 e. The highest BCUT2D eigenvalue weighted by molar-refractivity contribution is 5.98. The maximum absolute atomic E-state index is 12.8. The van der Waals surface area contributed by atoms with Crippen molar-refractivity contribution in [3.63, 3.8) is 0 Å². The Hall–Kier alpha value is -2.09. The number of hydrogen-bond acceptors (Lipinski definition) is 4. The van der Waals surface area contributed by atoms with Crippen molar-refractivity contribution in [1.29, 1.82) is 0 Å². The Morgan fingerprint density at radius 1 is 1.43 bits per heavy atom. The van der Waals surface area contributed by atoms with E-state index in [-0.39, 0.29) is 5.91 Å². The van der Waals surface area contributed by atoms with Crippen LogP contribution in [0.1, 0.15) is 32.6 Å². The molecule has 1 aromatic rings. The van der Waals surface area contributed by atoms with Crippen molar-refractivity contribution >= 4 is 17.6 Å². The fourth-order valence-electron chi connectivity index (χ4n) is 5.66. The third-order valence-corrected chi connectivity index (χ3v) is 7.15. The van der Waals surface area contributed by atoms with Crippen LogP contribution >= 0.6 is 0 Å². The van der Waals surface area contributed by atoms with Crippen molar-refractivity contribution in [3.05, 3.63) is 12.4 Å². The lowest BCUT2D eigenvalue weighted by Crippen LogP contribution is -2.73. The summed E-state index contributed by atoms with van der Waals surface area (Å²) >= 11 is 0. The molecule has 4 fully saturated rings. The smallest absolute Gasteiger partial charge is 0.246 e. The second-order valence-electron chi connectivity index (χ2n) is 8.59. The Labute approximate surface area is 165 Å². The molecule has 3 unspecified atom stereocenters. The fourth-order valence-corrected chi connectivity index (χ4v) is 5.66. The highest BCUT2D eigenvalue weighted by atomic mass is 16.5. The summed E-state index contributed by atoms with van der Waals surface area (Å²) in [6.45, 7) is 5.43. The van der Waals surface area contributed by atoms with E-state index in [4.69, 9.17) is 9.73 Å². The van der Waals surface area contributed by atoms with Crippen molar-refractivity contribution < 1.29 is 9.53 Å². The molecule has 2 saturated carbocycles. The van der Waals surface area contributed by atoms with Crippen LogP contribution in [0.5, 0.6) is 0 Å². The summed E-state index contributed by atoms with van der Waals surface area (Å²) in [5, 5.41) is 7.97. The highest BCUT2D eigenvalue weighted by Crippen LogP contribution is 2.62. The van der Waals surface area contributed by atoms with Gasteiger partial charge in [-0.05, 0) is 26.2 Å². The topological polar surface area (TPSA) is 75.0 Å². The zero-order valence-electron chi connectivity index (χ0n) is 16.8. The number of ether oxygens (including phenoxy) is 1. The molecule has 0 aromatic carbocycles. The fraction of sp³-hybridized carbons (Fsp3) is 0.750. The first kappa shape index (κ1) is 18.0. The molecule has 5 rings (SSSR count). The lowest BCUT2D eigenvalue weighted by Gasteiger charge is -2.63. The molecule has 0 radical (unpaired) electrons. The van der Waals surface area contributed by atoms with E-state index in [0.29, 0.717) is 43.1 Å². The summed E-state index contributed by atoms with van der Waals surface area (Å²) in [4.78, 5) is 21.5. The van der Waals surface area contributed by atoms with Crippen LogP contribution in [0.2, 0.25) is 0 Å². The second-order valence-corrected chi connectivity index (χ2v) is 8.59. The first-order valence-corrected chi connectivity index (χ1v) is 10.6. The van der Waals surface area contributed by atoms with E-state index in [1.807, 2.05) is 18.1 Å². The molecule has 28 heavy (non-hydrogen) atoms. The lowest BCUT2D eigenvalue weighted by molar-refractivity contribution is -0.171. The molecule has 1 amide bonds. The number of aryl methyl sites for hydroxylation is 1. The average Bonchev–Trinajstić information content (AvgIpc) is 3.25. The quantitative estimate of drug-likeness (QED) is 0.619. The van der Waals surface area contributed by atoms with Crippen LogP contribution in [0.3, 0.4) is 0 Å². The molecule has 2 aliphatic heterocycles. The summed E-state index contributed by atoms with van der Waals surface area (Å²) in [7, 11) is 1.87. The number of aromatic nitrogens is 2. The number of carbonyl (C=O) groups excluding carboxylic acids is 1. The second kappa shape index (κ2) is 6.76. The van der Waals surface area contributed by atoms with Gasteiger partial charge in [0.05, 0.1) is 18.0 Å². The number of carbonyl (C=O) groups is 1. The van der Waals surface area contributed by atoms with Crippen LogP contribution in [0.15, 0.2) is 17.4 Å². The van der Waals surface area contributed by atoms with Gasteiger partial charge in [0.1, 0.15) is 6.54 Å². The summed E-state index contributed by atoms with van der Waals surface area (Å²) in [6, 6.07) is 0.436. The number of fused-ring (bicyclic) bond motifs is 2. The van der Waals surface area contributed by atoms with Crippen LogP contribution in [0.25, 0.3) is 0 Å². The molecular formula is C20H30N6O2. The zero-order valence-corrected chi connectivity index (χ0v) is 16.8. The normalized spacial score (nSPS) is 31.6. The number of nitrogens with zero attached hydrogens (tertiary/aromatic N) is 5. The van der Waals surface area contributed by atoms with E-state index in [0.717, 1.165) is 31.2 Å². The van der Waals surface area contributed by atoms with Crippen molar-refractivity contribution in [2.45, 2.75) is 44.8 Å². The number of rotatable bonds is 3. The van der Waals surface area contributed by atoms with Crippen LogP contribution in [-0.4, -0.2) is 71.5 Å². The predicted molar refractivity (Wildman–Crippen MR) is 106 cm³/mol. The Balaban J connectivity index is 1.29. The third kappa shape index (κ3) is 2.64. The average molecular weight is 387 g/mol. The van der Waals surface area contributed by atoms with E-state index < -0.39 is 0 Å². The Kier molecular flexibility index (Phi) is 4.34. The van der Waals surface area contributed by atoms with E-state index in [9.17, 15) is 4.79 Å². The van der Waals surface area contributed by atoms with E-state index in [2.05, 4.69) is 22.2 Å². The SMILES string of the molecule is CCN=C(NC1C2CCOC2C12CCC2)N1CCN(c2cnn(C)c2)C(=O)C1. The monoisotopic (exact) mass is 386 g/mol. The lowest BCUT2D eigenvalue weighted by atomic mass is 9.46. The van der Waals surface area contributed by atoms with Crippen LogP contribution in [0.4, 0.5) is 5.69 Å². The highest BCUT2D eigenvalue weighted by Gasteiger charge is 2.66. The number of guanidine groups is 1. The minimum absolute atomic E-state index is 0.0962. The maximum Gasteiger partial charge on any atom is 0.246 e. The van der Waals surface area contributed by atoms with E-state index in [1.165, 1.54) is 19.3 Å². The number of anilines is 1.